The van der Waals surface area contributed by atoms with E-state index in [1.54, 1.807) is 13.8 Å². The molecule has 0 spiro atoms. The number of nitrogen functional groups attached to an aromatic ring is 1. The smallest absolute Gasteiger partial charge is 0.387 e. The van der Waals surface area contributed by atoms with E-state index in [1.165, 1.54) is 17.7 Å². The van der Waals surface area contributed by atoms with Crippen LogP contribution in [0, 0.1) is 11.8 Å². The minimum Gasteiger partial charge on any atom is -0.387 e. The Labute approximate surface area is 232 Å². The summed E-state index contributed by atoms with van der Waals surface area (Å²) in [5.41, 5.74) is 4.38. The maximum absolute atomic E-state index is 12.1. The fraction of sp³-hybridized carbons (Fsp3) is 0.579. The van der Waals surface area contributed by atoms with Crippen molar-refractivity contribution in [2.45, 2.75) is 51.1 Å². The molecule has 0 radical (unpaired) electrons. The number of anilines is 1. The quantitative estimate of drug-likeness (QED) is 0.0915. The Hall–Kier alpha value is -1.81. The molecule has 2 aromatic rings. The van der Waals surface area contributed by atoms with Crippen LogP contribution in [0.3, 0.4) is 0 Å². The van der Waals surface area contributed by atoms with Crippen molar-refractivity contribution in [2.24, 2.45) is 0 Å². The number of phosphoric ester groups is 1. The number of aliphatic hydroxyl groups is 2. The highest BCUT2D eigenvalue weighted by Crippen LogP contribution is 2.66. The van der Waals surface area contributed by atoms with Crippen molar-refractivity contribution in [3.63, 3.8) is 0 Å². The summed E-state index contributed by atoms with van der Waals surface area (Å²) in [6, 6.07) is 0. The average Bonchev–Trinajstić information content (AvgIpc) is 3.29. The number of hydrogen-bond acceptors (Lipinski definition) is 14. The summed E-state index contributed by atoms with van der Waals surface area (Å²) in [4.78, 5) is 44.4. The lowest BCUT2D eigenvalue weighted by Gasteiger charge is -2.27. The molecule has 22 heteroatoms. The number of fused-ring (bicyclic) bond motifs is 1. The zero-order valence-corrected chi connectivity index (χ0v) is 24.4. The van der Waals surface area contributed by atoms with Gasteiger partial charge in [0, 0.05) is 19.4 Å². The molecule has 0 aliphatic carbocycles. The first-order valence-corrected chi connectivity index (χ1v) is 16.1. The third kappa shape index (κ3) is 8.39. The molecule has 41 heavy (non-hydrogen) atoms. The normalized spacial score (nSPS) is 26.0. The van der Waals surface area contributed by atoms with Crippen molar-refractivity contribution < 1.29 is 70.8 Å². The van der Waals surface area contributed by atoms with E-state index >= 15 is 0 Å². The highest BCUT2D eigenvalue weighted by Gasteiger charge is 2.54. The maximum Gasteiger partial charge on any atom is 0.490 e. The van der Waals surface area contributed by atoms with E-state index < -0.39 is 60.4 Å². The summed E-state index contributed by atoms with van der Waals surface area (Å²) in [7, 11) is -16.9. The van der Waals surface area contributed by atoms with Crippen LogP contribution in [0.4, 0.5) is 5.82 Å². The van der Waals surface area contributed by atoms with Crippen LogP contribution in [-0.4, -0.2) is 88.2 Å². The molecule has 6 atom stereocenters. The molecule has 3 rings (SSSR count). The summed E-state index contributed by atoms with van der Waals surface area (Å²) in [6.07, 6.45) is -3.07. The standard InChI is InChI=1S/C19H29N4O15P3/c1-4-33-13(34-5-2)7-6-11-8-23(17-14(11)16(20)21-10-22-17)18-19(3,25)15(24)12(36-18)9-35-40(29,30)38-41(31,32)37-39(26,27)28/h8,10,12-13,15,18,24-25H,4-5,9H2,1-3H3,(H,29,30)(H,31,32)(H2,20,21,22)(H2,26,27,28)/t12-,15-,18-,19-/m1/s1. The van der Waals surface area contributed by atoms with E-state index in [4.69, 9.17) is 29.7 Å². The van der Waals surface area contributed by atoms with Gasteiger partial charge in [-0.1, -0.05) is 5.92 Å². The molecule has 0 amide bonds. The maximum atomic E-state index is 12.1. The van der Waals surface area contributed by atoms with Gasteiger partial charge < -0.3 is 54.3 Å². The molecule has 3 heterocycles. The van der Waals surface area contributed by atoms with Crippen LogP contribution in [0.5, 0.6) is 0 Å². The van der Waals surface area contributed by atoms with Gasteiger partial charge in [-0.15, -0.1) is 0 Å². The van der Waals surface area contributed by atoms with Gasteiger partial charge in [0.15, 0.2) is 6.23 Å². The molecule has 1 aliphatic heterocycles. The Kier molecular flexibility index (Phi) is 10.5. The molecule has 2 unspecified atom stereocenters. The summed E-state index contributed by atoms with van der Waals surface area (Å²) in [5, 5.41) is 22.1. The lowest BCUT2D eigenvalue weighted by Crippen LogP contribution is -2.44. The van der Waals surface area contributed by atoms with Gasteiger partial charge in [0.25, 0.3) is 0 Å². The van der Waals surface area contributed by atoms with Crippen molar-refractivity contribution in [1.82, 2.24) is 14.5 Å². The number of rotatable bonds is 12. The van der Waals surface area contributed by atoms with Crippen molar-refractivity contribution in [3.05, 3.63) is 18.1 Å². The number of ether oxygens (including phenoxy) is 3. The number of nitrogens with zero attached hydrogens (tertiary/aromatic N) is 3. The molecule has 8 N–H and O–H groups in total. The minimum atomic E-state index is -5.76. The molecule has 0 bridgehead atoms. The van der Waals surface area contributed by atoms with Crippen LogP contribution in [0.2, 0.25) is 0 Å². The molecule has 1 aliphatic rings. The first-order valence-electron chi connectivity index (χ1n) is 11.6. The Morgan fingerprint density at radius 2 is 1.76 bits per heavy atom. The summed E-state index contributed by atoms with van der Waals surface area (Å²) >= 11 is 0. The number of phosphoric acid groups is 3. The van der Waals surface area contributed by atoms with E-state index in [2.05, 4.69) is 35.0 Å². The first kappa shape index (κ1) is 33.7. The topological polar surface area (TPSA) is 285 Å². The number of hydrogen-bond donors (Lipinski definition) is 7. The van der Waals surface area contributed by atoms with Gasteiger partial charge >= 0.3 is 23.5 Å². The zero-order valence-electron chi connectivity index (χ0n) is 21.7. The van der Waals surface area contributed by atoms with E-state index in [0.717, 1.165) is 6.33 Å². The first-order chi connectivity index (χ1) is 18.9. The Balaban J connectivity index is 1.88. The van der Waals surface area contributed by atoms with Gasteiger partial charge in [0.2, 0.25) is 6.29 Å². The molecule has 230 valence electrons. The van der Waals surface area contributed by atoms with Gasteiger partial charge in [0.05, 0.1) is 17.6 Å². The lowest BCUT2D eigenvalue weighted by molar-refractivity contribution is -0.0970. The lowest BCUT2D eigenvalue weighted by atomic mass is 9.96. The monoisotopic (exact) mass is 646 g/mol. The predicted octanol–water partition coefficient (Wildman–Crippen LogP) is 0.117. The highest BCUT2D eigenvalue weighted by molar-refractivity contribution is 7.66. The summed E-state index contributed by atoms with van der Waals surface area (Å²) in [6.45, 7) is 4.35. The Morgan fingerprint density at radius 3 is 2.34 bits per heavy atom. The third-order valence-electron chi connectivity index (χ3n) is 5.42. The van der Waals surface area contributed by atoms with Crippen molar-refractivity contribution in [1.29, 1.82) is 0 Å². The fourth-order valence-electron chi connectivity index (χ4n) is 3.80. The SMILES string of the molecule is CCOC(C#Cc1cn([C@@H]2O[C@H](COP(=O)(O)OP(=O)(O)OP(=O)(O)O)[C@@H](O)[C@@]2(C)O)c2ncnc(N)c12)OCC. The summed E-state index contributed by atoms with van der Waals surface area (Å²) < 4.78 is 64.1. The average molecular weight is 646 g/mol. The van der Waals surface area contributed by atoms with Crippen LogP contribution in [0.1, 0.15) is 32.6 Å². The van der Waals surface area contributed by atoms with Crippen LogP contribution < -0.4 is 5.73 Å². The summed E-state index contributed by atoms with van der Waals surface area (Å²) in [5.74, 6) is 5.70. The Bertz CT molecular complexity index is 1440. The number of aromatic nitrogens is 3. The van der Waals surface area contributed by atoms with E-state index in [0.29, 0.717) is 13.2 Å². The predicted molar refractivity (Wildman–Crippen MR) is 136 cm³/mol. The van der Waals surface area contributed by atoms with Crippen molar-refractivity contribution >= 4 is 40.3 Å². The molecule has 19 nitrogen and oxygen atoms in total. The van der Waals surface area contributed by atoms with Crippen molar-refractivity contribution in [3.8, 4) is 11.8 Å². The largest absolute Gasteiger partial charge is 0.490 e. The van der Waals surface area contributed by atoms with Gasteiger partial charge in [-0.3, -0.25) is 4.52 Å². The molecule has 2 aromatic heterocycles. The van der Waals surface area contributed by atoms with Gasteiger partial charge in [-0.05, 0) is 26.7 Å². The Morgan fingerprint density at radius 1 is 1.12 bits per heavy atom. The molecule has 1 saturated heterocycles. The highest BCUT2D eigenvalue weighted by atomic mass is 31.3. The van der Waals surface area contributed by atoms with Crippen LogP contribution >= 0.6 is 23.5 Å². The zero-order chi connectivity index (χ0) is 30.8. The van der Waals surface area contributed by atoms with Crippen LogP contribution in [0.25, 0.3) is 11.0 Å². The molecule has 0 saturated carbocycles. The van der Waals surface area contributed by atoms with Crippen LogP contribution in [0.15, 0.2) is 12.5 Å². The number of nitrogens with two attached hydrogens (primary N) is 1. The minimum absolute atomic E-state index is 0.0322. The third-order valence-corrected chi connectivity index (χ3v) is 9.23. The van der Waals surface area contributed by atoms with E-state index in [-0.39, 0.29) is 22.4 Å². The fourth-order valence-corrected chi connectivity index (χ4v) is 6.83. The van der Waals surface area contributed by atoms with E-state index in [1.807, 2.05) is 0 Å². The molecule has 0 aromatic carbocycles. The second-order valence-electron chi connectivity index (χ2n) is 8.50. The van der Waals surface area contributed by atoms with Crippen LogP contribution in [-0.2, 0) is 41.1 Å². The second kappa shape index (κ2) is 12.8. The van der Waals surface area contributed by atoms with Gasteiger partial charge in [0.1, 0.15) is 35.6 Å². The van der Waals surface area contributed by atoms with E-state index in [9.17, 15) is 33.7 Å². The van der Waals surface area contributed by atoms with Crippen molar-refractivity contribution in [2.75, 3.05) is 25.6 Å². The molecule has 1 fully saturated rings. The van der Waals surface area contributed by atoms with Gasteiger partial charge in [-0.2, -0.15) is 8.62 Å². The van der Waals surface area contributed by atoms with Gasteiger partial charge in [-0.25, -0.2) is 23.7 Å². The molecular weight excluding hydrogens is 617 g/mol. The second-order valence-corrected chi connectivity index (χ2v) is 12.9. The number of aliphatic hydroxyl groups excluding tert-OH is 1. The molecular formula is C19H29N4O15P3.